The molecule has 1 heterocycles. The molecule has 2 rings (SSSR count). The Hall–Kier alpha value is -1.31. The van der Waals surface area contributed by atoms with Gasteiger partial charge in [0.15, 0.2) is 0 Å². The number of hydrogen-bond donors (Lipinski definition) is 1. The summed E-state index contributed by atoms with van der Waals surface area (Å²) in [6, 6.07) is 8.13. The predicted molar refractivity (Wildman–Crippen MR) is 56.2 cm³/mol. The lowest BCUT2D eigenvalue weighted by Gasteiger charge is -2.28. The average Bonchev–Trinajstić information content (AvgIpc) is 2.17. The van der Waals surface area contributed by atoms with Crippen LogP contribution in [0, 0.1) is 5.92 Å². The third-order valence-corrected chi connectivity index (χ3v) is 2.82. The number of carbonyl (C=O) groups excluding carboxylic acids is 1. The van der Waals surface area contributed by atoms with Gasteiger partial charge in [-0.1, -0.05) is 32.0 Å². The Morgan fingerprint density at radius 2 is 2.07 bits per heavy atom. The quantitative estimate of drug-likeness (QED) is 0.719. The molecule has 1 aliphatic rings. The standard InChI is InChI=1S/C12H15NO/c1-8(2)11-7-9-5-3-4-6-10(9)12(14)13-11/h3-6,8,11H,7H2,1-2H3,(H,13,14). The second kappa shape index (κ2) is 3.45. The molecule has 0 aliphatic carbocycles. The second-order valence-electron chi connectivity index (χ2n) is 4.19. The number of rotatable bonds is 1. The summed E-state index contributed by atoms with van der Waals surface area (Å²) in [5, 5.41) is 3.03. The summed E-state index contributed by atoms with van der Waals surface area (Å²) < 4.78 is 0. The van der Waals surface area contributed by atoms with Crippen molar-refractivity contribution in [2.45, 2.75) is 26.3 Å². The molecule has 1 aliphatic heterocycles. The predicted octanol–water partition coefficient (Wildman–Crippen LogP) is 2.00. The molecule has 2 nitrogen and oxygen atoms in total. The van der Waals surface area contributed by atoms with E-state index >= 15 is 0 Å². The highest BCUT2D eigenvalue weighted by Crippen LogP contribution is 2.19. The van der Waals surface area contributed by atoms with E-state index in [2.05, 4.69) is 19.2 Å². The average molecular weight is 189 g/mol. The summed E-state index contributed by atoms with van der Waals surface area (Å²) in [5.74, 6) is 0.567. The monoisotopic (exact) mass is 189 g/mol. The minimum Gasteiger partial charge on any atom is -0.349 e. The van der Waals surface area contributed by atoms with Gasteiger partial charge in [-0.3, -0.25) is 4.79 Å². The zero-order chi connectivity index (χ0) is 10.1. The first-order chi connectivity index (χ1) is 6.68. The first kappa shape index (κ1) is 9.25. The van der Waals surface area contributed by atoms with Crippen molar-refractivity contribution in [3.05, 3.63) is 35.4 Å². The van der Waals surface area contributed by atoms with E-state index in [1.54, 1.807) is 0 Å². The van der Waals surface area contributed by atoms with Crippen LogP contribution in [-0.4, -0.2) is 11.9 Å². The normalized spacial score (nSPS) is 20.5. The highest BCUT2D eigenvalue weighted by Gasteiger charge is 2.25. The van der Waals surface area contributed by atoms with Gasteiger partial charge in [0.1, 0.15) is 0 Å². The third kappa shape index (κ3) is 1.52. The van der Waals surface area contributed by atoms with E-state index in [4.69, 9.17) is 0 Å². The molecule has 1 unspecified atom stereocenters. The lowest BCUT2D eigenvalue weighted by molar-refractivity contribution is 0.0912. The fourth-order valence-electron chi connectivity index (χ4n) is 1.86. The molecule has 0 saturated carbocycles. The third-order valence-electron chi connectivity index (χ3n) is 2.82. The van der Waals surface area contributed by atoms with Crippen molar-refractivity contribution in [1.82, 2.24) is 5.32 Å². The fourth-order valence-corrected chi connectivity index (χ4v) is 1.86. The Morgan fingerprint density at radius 1 is 1.36 bits per heavy atom. The van der Waals surface area contributed by atoms with Crippen LogP contribution in [0.3, 0.4) is 0 Å². The van der Waals surface area contributed by atoms with Crippen LogP contribution in [0.4, 0.5) is 0 Å². The van der Waals surface area contributed by atoms with Crippen molar-refractivity contribution in [2.24, 2.45) is 5.92 Å². The van der Waals surface area contributed by atoms with E-state index in [-0.39, 0.29) is 11.9 Å². The van der Waals surface area contributed by atoms with Crippen LogP contribution in [0.2, 0.25) is 0 Å². The molecule has 0 aromatic heterocycles. The molecule has 0 saturated heterocycles. The van der Waals surface area contributed by atoms with E-state index in [0.29, 0.717) is 5.92 Å². The molecule has 0 fully saturated rings. The topological polar surface area (TPSA) is 29.1 Å². The highest BCUT2D eigenvalue weighted by atomic mass is 16.1. The van der Waals surface area contributed by atoms with Crippen LogP contribution in [0.1, 0.15) is 29.8 Å². The van der Waals surface area contributed by atoms with Crippen LogP contribution in [-0.2, 0) is 6.42 Å². The van der Waals surface area contributed by atoms with Gasteiger partial charge in [0, 0.05) is 11.6 Å². The number of amides is 1. The molecule has 1 aromatic rings. The molecule has 1 aromatic carbocycles. The van der Waals surface area contributed by atoms with Crippen LogP contribution in [0.15, 0.2) is 24.3 Å². The molecule has 0 spiro atoms. The number of carbonyl (C=O) groups is 1. The zero-order valence-corrected chi connectivity index (χ0v) is 8.58. The maximum atomic E-state index is 11.7. The molecule has 1 atom stereocenters. The second-order valence-corrected chi connectivity index (χ2v) is 4.19. The number of benzene rings is 1. The van der Waals surface area contributed by atoms with Gasteiger partial charge in [0.05, 0.1) is 0 Å². The molecular formula is C12H15NO. The molecule has 14 heavy (non-hydrogen) atoms. The van der Waals surface area contributed by atoms with Crippen molar-refractivity contribution < 1.29 is 4.79 Å². The largest absolute Gasteiger partial charge is 0.349 e. The van der Waals surface area contributed by atoms with Crippen LogP contribution in [0.25, 0.3) is 0 Å². The summed E-state index contributed by atoms with van der Waals surface area (Å²) in [6.45, 7) is 4.28. The number of fused-ring (bicyclic) bond motifs is 1. The van der Waals surface area contributed by atoms with Gasteiger partial charge in [0.25, 0.3) is 5.91 Å². The van der Waals surface area contributed by atoms with Gasteiger partial charge in [0.2, 0.25) is 0 Å². The minimum absolute atomic E-state index is 0.0746. The smallest absolute Gasteiger partial charge is 0.251 e. The molecule has 74 valence electrons. The van der Waals surface area contributed by atoms with Gasteiger partial charge in [-0.2, -0.15) is 0 Å². The maximum absolute atomic E-state index is 11.7. The van der Waals surface area contributed by atoms with E-state index in [1.165, 1.54) is 5.56 Å². The van der Waals surface area contributed by atoms with Crippen molar-refractivity contribution >= 4 is 5.91 Å². The summed E-state index contributed by atoms with van der Waals surface area (Å²) in [6.07, 6.45) is 0.958. The summed E-state index contributed by atoms with van der Waals surface area (Å²) in [7, 11) is 0. The maximum Gasteiger partial charge on any atom is 0.251 e. The first-order valence-electron chi connectivity index (χ1n) is 5.07. The molecule has 0 bridgehead atoms. The lowest BCUT2D eigenvalue weighted by atomic mass is 9.89. The van der Waals surface area contributed by atoms with Crippen LogP contribution in [0.5, 0.6) is 0 Å². The molecule has 1 N–H and O–H groups in total. The fraction of sp³-hybridized carbons (Fsp3) is 0.417. The van der Waals surface area contributed by atoms with Crippen LogP contribution >= 0.6 is 0 Å². The van der Waals surface area contributed by atoms with Crippen LogP contribution < -0.4 is 5.32 Å². The molecule has 0 radical (unpaired) electrons. The van der Waals surface area contributed by atoms with E-state index in [0.717, 1.165) is 12.0 Å². The lowest BCUT2D eigenvalue weighted by Crippen LogP contribution is -2.44. The summed E-state index contributed by atoms with van der Waals surface area (Å²) >= 11 is 0. The van der Waals surface area contributed by atoms with Gasteiger partial charge >= 0.3 is 0 Å². The van der Waals surface area contributed by atoms with Crippen molar-refractivity contribution in [3.63, 3.8) is 0 Å². The van der Waals surface area contributed by atoms with Crippen molar-refractivity contribution in [1.29, 1.82) is 0 Å². The van der Waals surface area contributed by atoms with Gasteiger partial charge in [-0.15, -0.1) is 0 Å². The Morgan fingerprint density at radius 3 is 2.79 bits per heavy atom. The Bertz CT molecular complexity index is 357. The SMILES string of the molecule is CC(C)C1Cc2ccccc2C(=O)N1. The van der Waals surface area contributed by atoms with E-state index in [9.17, 15) is 4.79 Å². The molecular weight excluding hydrogens is 174 g/mol. The summed E-state index contributed by atoms with van der Waals surface area (Å²) in [5.41, 5.74) is 2.01. The summed E-state index contributed by atoms with van der Waals surface area (Å²) in [4.78, 5) is 11.7. The van der Waals surface area contributed by atoms with Gasteiger partial charge in [-0.05, 0) is 24.0 Å². The number of hydrogen-bond acceptors (Lipinski definition) is 1. The molecule has 1 amide bonds. The zero-order valence-electron chi connectivity index (χ0n) is 8.58. The van der Waals surface area contributed by atoms with E-state index < -0.39 is 0 Å². The Labute approximate surface area is 84.3 Å². The van der Waals surface area contributed by atoms with E-state index in [1.807, 2.05) is 24.3 Å². The van der Waals surface area contributed by atoms with Crippen molar-refractivity contribution in [3.8, 4) is 0 Å². The van der Waals surface area contributed by atoms with Gasteiger partial charge in [-0.25, -0.2) is 0 Å². The Balaban J connectivity index is 2.33. The Kier molecular flexibility index (Phi) is 2.28. The first-order valence-corrected chi connectivity index (χ1v) is 5.07. The molecule has 2 heteroatoms. The highest BCUT2D eigenvalue weighted by molar-refractivity contribution is 5.96. The van der Waals surface area contributed by atoms with Gasteiger partial charge < -0.3 is 5.32 Å². The minimum atomic E-state index is 0.0746. The van der Waals surface area contributed by atoms with Crippen molar-refractivity contribution in [2.75, 3.05) is 0 Å². The number of nitrogens with one attached hydrogen (secondary N) is 1.